The molecule has 7 nitrogen and oxygen atoms in total. The lowest BCUT2D eigenvalue weighted by molar-refractivity contribution is -0.113. The molecule has 3 rings (SSSR count). The van der Waals surface area contributed by atoms with Crippen LogP contribution >= 0.6 is 46.6 Å². The fourth-order valence-electron chi connectivity index (χ4n) is 3.25. The average Bonchev–Trinajstić information content (AvgIpc) is 3.21. The SMILES string of the molecule is C=CCn1c(SCC(=O)Nc2cccc(Cl)c2Cl)nnc1[C@H](NC(=O)c1ccccc1Cl)C(C)C. The van der Waals surface area contributed by atoms with Gasteiger partial charge in [0, 0.05) is 6.54 Å². The Morgan fingerprint density at radius 1 is 1.09 bits per heavy atom. The number of nitrogens with one attached hydrogen (secondary N) is 2. The number of hydrogen-bond donors (Lipinski definition) is 2. The summed E-state index contributed by atoms with van der Waals surface area (Å²) in [5.74, 6) is 0.0355. The zero-order valence-electron chi connectivity index (χ0n) is 19.1. The summed E-state index contributed by atoms with van der Waals surface area (Å²) in [6.45, 7) is 8.16. The van der Waals surface area contributed by atoms with Crippen LogP contribution in [0.4, 0.5) is 5.69 Å². The summed E-state index contributed by atoms with van der Waals surface area (Å²) in [5.41, 5.74) is 0.806. The van der Waals surface area contributed by atoms with Gasteiger partial charge < -0.3 is 15.2 Å². The molecule has 2 N–H and O–H groups in total. The van der Waals surface area contributed by atoms with Crippen LogP contribution in [0.15, 0.2) is 60.3 Å². The molecule has 184 valence electrons. The second kappa shape index (κ2) is 12.4. The lowest BCUT2D eigenvalue weighted by atomic mass is 10.0. The molecule has 1 atom stereocenters. The van der Waals surface area contributed by atoms with Crippen LogP contribution in [0.5, 0.6) is 0 Å². The van der Waals surface area contributed by atoms with E-state index in [4.69, 9.17) is 34.8 Å². The summed E-state index contributed by atoms with van der Waals surface area (Å²) >= 11 is 19.6. The van der Waals surface area contributed by atoms with E-state index >= 15 is 0 Å². The smallest absolute Gasteiger partial charge is 0.253 e. The Morgan fingerprint density at radius 3 is 2.49 bits per heavy atom. The molecule has 2 aromatic carbocycles. The van der Waals surface area contributed by atoms with Crippen molar-refractivity contribution in [3.8, 4) is 0 Å². The van der Waals surface area contributed by atoms with E-state index in [1.807, 2.05) is 18.4 Å². The fraction of sp³-hybridized carbons (Fsp3) is 0.250. The zero-order valence-corrected chi connectivity index (χ0v) is 22.2. The highest BCUT2D eigenvalue weighted by Gasteiger charge is 2.27. The molecule has 1 aromatic heterocycles. The van der Waals surface area contributed by atoms with Crippen molar-refractivity contribution in [2.45, 2.75) is 31.6 Å². The molecule has 0 spiro atoms. The third-order valence-corrected chi connectivity index (χ3v) is 7.08. The molecule has 2 amide bonds. The van der Waals surface area contributed by atoms with Crippen LogP contribution in [-0.4, -0.2) is 32.3 Å². The lowest BCUT2D eigenvalue weighted by Crippen LogP contribution is -2.34. The summed E-state index contributed by atoms with van der Waals surface area (Å²) in [7, 11) is 0. The van der Waals surface area contributed by atoms with E-state index in [9.17, 15) is 9.59 Å². The first-order valence-corrected chi connectivity index (χ1v) is 12.8. The number of benzene rings is 2. The molecule has 0 bridgehead atoms. The zero-order chi connectivity index (χ0) is 25.5. The molecule has 0 aliphatic carbocycles. The Hall–Kier alpha value is -2.52. The van der Waals surface area contributed by atoms with Crippen LogP contribution in [0.2, 0.25) is 15.1 Å². The Balaban J connectivity index is 1.77. The van der Waals surface area contributed by atoms with Crippen molar-refractivity contribution in [3.05, 3.63) is 81.6 Å². The van der Waals surface area contributed by atoms with Gasteiger partial charge in [-0.05, 0) is 30.2 Å². The van der Waals surface area contributed by atoms with Gasteiger partial charge in [-0.15, -0.1) is 16.8 Å². The Kier molecular flexibility index (Phi) is 9.63. The van der Waals surface area contributed by atoms with E-state index in [2.05, 4.69) is 27.4 Å². The molecule has 11 heteroatoms. The van der Waals surface area contributed by atoms with E-state index < -0.39 is 6.04 Å². The predicted octanol–water partition coefficient (Wildman–Crippen LogP) is 6.28. The number of anilines is 1. The number of amides is 2. The quantitative estimate of drug-likeness (QED) is 0.228. The molecular formula is C24H24Cl3N5O2S. The van der Waals surface area contributed by atoms with E-state index in [0.29, 0.717) is 38.8 Å². The summed E-state index contributed by atoms with van der Waals surface area (Å²) in [6.07, 6.45) is 1.70. The minimum atomic E-state index is -0.445. The maximum Gasteiger partial charge on any atom is 0.253 e. The summed E-state index contributed by atoms with van der Waals surface area (Å²) in [6, 6.07) is 11.4. The predicted molar refractivity (Wildman–Crippen MR) is 143 cm³/mol. The Bertz CT molecular complexity index is 1230. The van der Waals surface area contributed by atoms with Gasteiger partial charge >= 0.3 is 0 Å². The van der Waals surface area contributed by atoms with Crippen LogP contribution in [0.25, 0.3) is 0 Å². The van der Waals surface area contributed by atoms with Crippen molar-refractivity contribution in [2.24, 2.45) is 5.92 Å². The molecule has 0 aliphatic rings. The lowest BCUT2D eigenvalue weighted by Gasteiger charge is -2.23. The number of nitrogens with zero attached hydrogens (tertiary/aromatic N) is 3. The molecule has 0 saturated heterocycles. The first kappa shape index (κ1) is 27.1. The van der Waals surface area contributed by atoms with Gasteiger partial charge in [-0.2, -0.15) is 0 Å². The van der Waals surface area contributed by atoms with Gasteiger partial charge in [0.1, 0.15) is 0 Å². The number of hydrogen-bond acceptors (Lipinski definition) is 5. The molecule has 0 aliphatic heterocycles. The highest BCUT2D eigenvalue weighted by atomic mass is 35.5. The summed E-state index contributed by atoms with van der Waals surface area (Å²) in [5, 5.41) is 15.9. The van der Waals surface area contributed by atoms with Crippen LogP contribution in [-0.2, 0) is 11.3 Å². The molecule has 0 radical (unpaired) electrons. The van der Waals surface area contributed by atoms with Gasteiger partial charge in [0.2, 0.25) is 5.91 Å². The van der Waals surface area contributed by atoms with Crippen LogP contribution in [0.1, 0.15) is 36.1 Å². The van der Waals surface area contributed by atoms with Crippen molar-refractivity contribution in [1.82, 2.24) is 20.1 Å². The number of allylic oxidation sites excluding steroid dienone is 1. The van der Waals surface area contributed by atoms with E-state index in [-0.39, 0.29) is 28.5 Å². The molecule has 0 unspecified atom stereocenters. The molecule has 0 fully saturated rings. The van der Waals surface area contributed by atoms with Crippen LogP contribution in [0, 0.1) is 5.92 Å². The van der Waals surface area contributed by atoms with Gasteiger partial charge in [0.25, 0.3) is 5.91 Å². The highest BCUT2D eigenvalue weighted by Crippen LogP contribution is 2.30. The second-order valence-corrected chi connectivity index (χ2v) is 9.99. The van der Waals surface area contributed by atoms with Crippen molar-refractivity contribution in [2.75, 3.05) is 11.1 Å². The van der Waals surface area contributed by atoms with Crippen LogP contribution in [0.3, 0.4) is 0 Å². The maximum atomic E-state index is 12.9. The van der Waals surface area contributed by atoms with E-state index in [1.54, 1.807) is 48.5 Å². The van der Waals surface area contributed by atoms with Gasteiger partial charge in [-0.3, -0.25) is 9.59 Å². The van der Waals surface area contributed by atoms with Gasteiger partial charge in [0.15, 0.2) is 11.0 Å². The molecule has 35 heavy (non-hydrogen) atoms. The highest BCUT2D eigenvalue weighted by molar-refractivity contribution is 7.99. The van der Waals surface area contributed by atoms with Gasteiger partial charge in [-0.25, -0.2) is 0 Å². The minimum absolute atomic E-state index is 0.000299. The standard InChI is InChI=1S/C24H24Cl3N5O2S/c1-4-12-32-22(21(14(2)3)29-23(34)15-8-5-6-9-16(15)25)30-31-24(32)35-13-19(33)28-18-11-7-10-17(26)20(18)27/h4-11,14,21H,1,12-13H2,2-3H3,(H,28,33)(H,29,34)/t21-/m1/s1. The molecule has 0 saturated carbocycles. The van der Waals surface area contributed by atoms with Crippen molar-refractivity contribution in [3.63, 3.8) is 0 Å². The second-order valence-electron chi connectivity index (χ2n) is 7.85. The summed E-state index contributed by atoms with van der Waals surface area (Å²) in [4.78, 5) is 25.4. The molecule has 3 aromatic rings. The van der Waals surface area contributed by atoms with Crippen molar-refractivity contribution in [1.29, 1.82) is 0 Å². The number of thioether (sulfide) groups is 1. The summed E-state index contributed by atoms with van der Waals surface area (Å²) < 4.78 is 1.83. The van der Waals surface area contributed by atoms with E-state index in [1.165, 1.54) is 11.8 Å². The first-order valence-electron chi connectivity index (χ1n) is 10.7. The Labute approximate surface area is 223 Å². The minimum Gasteiger partial charge on any atom is -0.342 e. The van der Waals surface area contributed by atoms with Crippen molar-refractivity contribution < 1.29 is 9.59 Å². The number of carbonyl (C=O) groups is 2. The topological polar surface area (TPSA) is 88.9 Å². The third kappa shape index (κ3) is 6.79. The first-order chi connectivity index (χ1) is 16.7. The average molecular weight is 553 g/mol. The monoisotopic (exact) mass is 551 g/mol. The fourth-order valence-corrected chi connectivity index (χ4v) is 4.57. The number of halogens is 3. The normalized spacial score (nSPS) is 11.8. The largest absolute Gasteiger partial charge is 0.342 e. The molecule has 1 heterocycles. The third-order valence-electron chi connectivity index (χ3n) is 4.97. The number of rotatable bonds is 10. The van der Waals surface area contributed by atoms with Gasteiger partial charge in [0.05, 0.1) is 38.1 Å². The van der Waals surface area contributed by atoms with E-state index in [0.717, 1.165) is 0 Å². The molecular weight excluding hydrogens is 529 g/mol. The van der Waals surface area contributed by atoms with Crippen molar-refractivity contribution >= 4 is 64.1 Å². The maximum absolute atomic E-state index is 12.9. The number of carbonyl (C=O) groups excluding carboxylic acids is 2. The van der Waals surface area contributed by atoms with Crippen LogP contribution < -0.4 is 10.6 Å². The van der Waals surface area contributed by atoms with Gasteiger partial charge in [-0.1, -0.05) is 84.7 Å². The number of aromatic nitrogens is 3. The Morgan fingerprint density at radius 2 is 1.80 bits per heavy atom.